The van der Waals surface area contributed by atoms with E-state index in [-0.39, 0.29) is 16.9 Å². The first-order chi connectivity index (χ1) is 17.5. The topological polar surface area (TPSA) is 112 Å². The zero-order valence-corrected chi connectivity index (χ0v) is 20.9. The van der Waals surface area contributed by atoms with Gasteiger partial charge in [0.15, 0.2) is 11.5 Å². The highest BCUT2D eigenvalue weighted by molar-refractivity contribution is 9.10. The standard InChI is InChI=1S/C24H19BrF3N3O6/c1-3-36-22-11-14(4-7-21(22)35-2)23(32)30-29-13-15-10-17(25)6-9-19(15)37-20-8-5-16(24(26,27)28)12-18(20)31(33)34/h4-13H,3H2,1-2H3,(H,30,32)/b29-13+. The first-order valence-corrected chi connectivity index (χ1v) is 11.3. The van der Waals surface area contributed by atoms with Crippen LogP contribution < -0.4 is 19.6 Å². The van der Waals surface area contributed by atoms with Crippen LogP contribution >= 0.6 is 15.9 Å². The van der Waals surface area contributed by atoms with E-state index >= 15 is 0 Å². The maximum Gasteiger partial charge on any atom is 0.416 e. The van der Waals surface area contributed by atoms with Crippen molar-refractivity contribution in [3.05, 3.63) is 85.9 Å². The number of carbonyl (C=O) groups is 1. The van der Waals surface area contributed by atoms with Crippen molar-refractivity contribution in [2.75, 3.05) is 13.7 Å². The quantitative estimate of drug-likeness (QED) is 0.179. The van der Waals surface area contributed by atoms with Crippen molar-refractivity contribution >= 4 is 33.7 Å². The van der Waals surface area contributed by atoms with Crippen LogP contribution in [0.4, 0.5) is 18.9 Å². The molecular weight excluding hydrogens is 563 g/mol. The highest BCUT2D eigenvalue weighted by Gasteiger charge is 2.33. The third-order valence-corrected chi connectivity index (χ3v) is 5.26. The number of methoxy groups -OCH3 is 1. The van der Waals surface area contributed by atoms with E-state index < -0.39 is 34.0 Å². The van der Waals surface area contributed by atoms with Crippen LogP contribution in [0, 0.1) is 10.1 Å². The van der Waals surface area contributed by atoms with Crippen LogP contribution in [0.25, 0.3) is 0 Å². The Labute approximate surface area is 217 Å². The predicted octanol–water partition coefficient (Wildman–Crippen LogP) is 6.34. The molecule has 9 nitrogen and oxygen atoms in total. The fourth-order valence-corrected chi connectivity index (χ4v) is 3.44. The summed E-state index contributed by atoms with van der Waals surface area (Å²) in [5.74, 6) is -0.0823. The monoisotopic (exact) mass is 581 g/mol. The molecule has 3 aromatic carbocycles. The molecule has 194 valence electrons. The van der Waals surface area contributed by atoms with E-state index in [4.69, 9.17) is 14.2 Å². The van der Waals surface area contributed by atoms with Crippen LogP contribution in [0.1, 0.15) is 28.4 Å². The van der Waals surface area contributed by atoms with Gasteiger partial charge in [0.1, 0.15) is 5.75 Å². The predicted molar refractivity (Wildman–Crippen MR) is 132 cm³/mol. The minimum atomic E-state index is -4.76. The number of carbonyl (C=O) groups excluding carboxylic acids is 1. The van der Waals surface area contributed by atoms with Gasteiger partial charge in [0.25, 0.3) is 5.91 Å². The lowest BCUT2D eigenvalue weighted by molar-refractivity contribution is -0.385. The average molecular weight is 582 g/mol. The fraction of sp³-hybridized carbons (Fsp3) is 0.167. The van der Waals surface area contributed by atoms with Crippen molar-refractivity contribution in [1.82, 2.24) is 5.43 Å². The molecule has 0 aliphatic rings. The van der Waals surface area contributed by atoms with Crippen LogP contribution in [-0.4, -0.2) is 30.8 Å². The number of ether oxygens (including phenoxy) is 3. The first kappa shape index (κ1) is 27.5. The maximum absolute atomic E-state index is 13.0. The maximum atomic E-state index is 13.0. The molecule has 1 amide bonds. The average Bonchev–Trinajstić information content (AvgIpc) is 2.85. The summed E-state index contributed by atoms with van der Waals surface area (Å²) in [6.45, 7) is 2.15. The molecule has 0 saturated heterocycles. The number of nitro benzene ring substituents is 1. The number of nitrogens with zero attached hydrogens (tertiary/aromatic N) is 2. The molecule has 0 aliphatic carbocycles. The normalized spacial score (nSPS) is 11.3. The number of hydrogen-bond donors (Lipinski definition) is 1. The fourth-order valence-electron chi connectivity index (χ4n) is 3.07. The number of rotatable bonds is 9. The third-order valence-electron chi connectivity index (χ3n) is 4.77. The summed E-state index contributed by atoms with van der Waals surface area (Å²) in [6, 6.07) is 11.1. The van der Waals surface area contributed by atoms with Gasteiger partial charge in [-0.05, 0) is 55.5 Å². The summed E-state index contributed by atoms with van der Waals surface area (Å²) in [6.07, 6.45) is -3.54. The Morgan fingerprint density at radius 1 is 1.08 bits per heavy atom. The third kappa shape index (κ3) is 6.97. The van der Waals surface area contributed by atoms with E-state index in [2.05, 4.69) is 26.5 Å². The van der Waals surface area contributed by atoms with Gasteiger partial charge in [0.05, 0.1) is 30.4 Å². The van der Waals surface area contributed by atoms with E-state index in [9.17, 15) is 28.1 Å². The number of amides is 1. The van der Waals surface area contributed by atoms with E-state index in [1.807, 2.05) is 0 Å². The molecule has 0 spiro atoms. The van der Waals surface area contributed by atoms with Crippen molar-refractivity contribution in [2.24, 2.45) is 5.10 Å². The van der Waals surface area contributed by atoms with Gasteiger partial charge < -0.3 is 14.2 Å². The number of halogens is 4. The summed E-state index contributed by atoms with van der Waals surface area (Å²) >= 11 is 3.28. The number of hydrogen-bond acceptors (Lipinski definition) is 7. The minimum Gasteiger partial charge on any atom is -0.493 e. The van der Waals surface area contributed by atoms with Crippen molar-refractivity contribution in [3.63, 3.8) is 0 Å². The summed E-state index contributed by atoms with van der Waals surface area (Å²) in [7, 11) is 1.47. The first-order valence-electron chi connectivity index (χ1n) is 10.5. The molecule has 0 radical (unpaired) electrons. The Bertz CT molecular complexity index is 1350. The second-order valence-corrected chi connectivity index (χ2v) is 8.14. The van der Waals surface area contributed by atoms with Gasteiger partial charge in [-0.15, -0.1) is 0 Å². The molecule has 0 aromatic heterocycles. The summed E-state index contributed by atoms with van der Waals surface area (Å²) in [5.41, 5.74) is 0.818. The van der Waals surface area contributed by atoms with E-state index in [1.54, 1.807) is 25.1 Å². The Hall–Kier alpha value is -4.13. The zero-order valence-electron chi connectivity index (χ0n) is 19.3. The van der Waals surface area contributed by atoms with Crippen LogP contribution in [0.5, 0.6) is 23.0 Å². The molecule has 3 aromatic rings. The number of hydrazone groups is 1. The van der Waals surface area contributed by atoms with E-state index in [0.29, 0.717) is 34.7 Å². The van der Waals surface area contributed by atoms with Crippen molar-refractivity contribution in [3.8, 4) is 23.0 Å². The molecule has 37 heavy (non-hydrogen) atoms. The van der Waals surface area contributed by atoms with Gasteiger partial charge >= 0.3 is 11.9 Å². The molecule has 13 heteroatoms. The van der Waals surface area contributed by atoms with Gasteiger partial charge in [-0.1, -0.05) is 15.9 Å². The largest absolute Gasteiger partial charge is 0.493 e. The Morgan fingerprint density at radius 3 is 2.43 bits per heavy atom. The lowest BCUT2D eigenvalue weighted by Gasteiger charge is -2.12. The molecule has 0 heterocycles. The lowest BCUT2D eigenvalue weighted by atomic mass is 10.1. The number of nitrogens with one attached hydrogen (secondary N) is 1. The Kier molecular flexibility index (Phi) is 8.71. The van der Waals surface area contributed by atoms with Crippen LogP contribution in [0.15, 0.2) is 64.2 Å². The molecule has 0 bridgehead atoms. The smallest absolute Gasteiger partial charge is 0.416 e. The van der Waals surface area contributed by atoms with Crippen molar-refractivity contribution in [1.29, 1.82) is 0 Å². The number of nitro groups is 1. The van der Waals surface area contributed by atoms with Crippen molar-refractivity contribution < 1.29 is 37.1 Å². The Morgan fingerprint density at radius 2 is 1.78 bits per heavy atom. The number of benzene rings is 3. The molecule has 0 aliphatic heterocycles. The van der Waals surface area contributed by atoms with Crippen LogP contribution in [0.2, 0.25) is 0 Å². The molecule has 0 fully saturated rings. The highest BCUT2D eigenvalue weighted by atomic mass is 79.9. The van der Waals surface area contributed by atoms with Crippen molar-refractivity contribution in [2.45, 2.75) is 13.1 Å². The summed E-state index contributed by atoms with van der Waals surface area (Å²) in [5, 5.41) is 15.3. The second kappa shape index (κ2) is 11.7. The van der Waals surface area contributed by atoms with Gasteiger partial charge in [0, 0.05) is 21.7 Å². The molecule has 0 saturated carbocycles. The Balaban J connectivity index is 1.84. The summed E-state index contributed by atoms with van der Waals surface area (Å²) in [4.78, 5) is 22.9. The molecule has 0 atom stereocenters. The van der Waals surface area contributed by atoms with Gasteiger partial charge in [0.2, 0.25) is 5.75 Å². The molecule has 3 rings (SSSR count). The SMILES string of the molecule is CCOc1cc(C(=O)N/N=C/c2cc(Br)ccc2Oc2ccc(C(F)(F)F)cc2[N+](=O)[O-])ccc1OC. The van der Waals surface area contributed by atoms with Gasteiger partial charge in [-0.2, -0.15) is 18.3 Å². The van der Waals surface area contributed by atoms with E-state index in [0.717, 1.165) is 6.07 Å². The molecule has 0 unspecified atom stereocenters. The number of alkyl halides is 3. The minimum absolute atomic E-state index is 0.0483. The van der Waals surface area contributed by atoms with Gasteiger partial charge in [-0.3, -0.25) is 14.9 Å². The molecule has 1 N–H and O–H groups in total. The second-order valence-electron chi connectivity index (χ2n) is 7.22. The zero-order chi connectivity index (χ0) is 27.2. The molecular formula is C24H19BrF3N3O6. The van der Waals surface area contributed by atoms with Crippen LogP contribution in [0.3, 0.4) is 0 Å². The summed E-state index contributed by atoms with van der Waals surface area (Å²) < 4.78 is 55.8. The highest BCUT2D eigenvalue weighted by Crippen LogP contribution is 2.38. The van der Waals surface area contributed by atoms with E-state index in [1.165, 1.54) is 31.5 Å². The lowest BCUT2D eigenvalue weighted by Crippen LogP contribution is -2.17. The van der Waals surface area contributed by atoms with Crippen LogP contribution in [-0.2, 0) is 6.18 Å². The van der Waals surface area contributed by atoms with Gasteiger partial charge in [-0.25, -0.2) is 5.43 Å².